The maximum atomic E-state index is 12.6. The zero-order valence-electron chi connectivity index (χ0n) is 29.5. The fourth-order valence-corrected chi connectivity index (χ4v) is 8.22. The van der Waals surface area contributed by atoms with Crippen molar-refractivity contribution >= 4 is 47.3 Å². The molecule has 4 aromatic carbocycles. The van der Waals surface area contributed by atoms with E-state index in [4.69, 9.17) is 0 Å². The fourth-order valence-electron chi connectivity index (χ4n) is 6.19. The van der Waals surface area contributed by atoms with Crippen LogP contribution in [0.15, 0.2) is 137 Å². The highest BCUT2D eigenvalue weighted by Gasteiger charge is 2.23. The van der Waals surface area contributed by atoms with Crippen molar-refractivity contribution in [3.05, 3.63) is 155 Å². The van der Waals surface area contributed by atoms with Crippen molar-refractivity contribution in [3.8, 4) is 0 Å². The molecule has 0 atom stereocenters. The maximum Gasteiger partial charge on any atom is 0.296 e. The summed E-state index contributed by atoms with van der Waals surface area (Å²) in [6.45, 7) is 6.12. The largest absolute Gasteiger partial charge is 0.367 e. The molecule has 0 aromatic heterocycles. The van der Waals surface area contributed by atoms with Crippen LogP contribution in [0.5, 0.6) is 0 Å². The molecule has 14 heteroatoms. The molecule has 1 aliphatic carbocycles. The van der Waals surface area contributed by atoms with Crippen molar-refractivity contribution in [1.82, 2.24) is 0 Å². The molecule has 0 spiro atoms. The van der Waals surface area contributed by atoms with Crippen LogP contribution in [0.1, 0.15) is 41.7 Å². The maximum absolute atomic E-state index is 12.6. The zero-order chi connectivity index (χ0) is 38.4. The molecule has 0 radical (unpaired) electrons. The summed E-state index contributed by atoms with van der Waals surface area (Å²) >= 11 is 0. The van der Waals surface area contributed by atoms with Gasteiger partial charge in [0.05, 0.1) is 12.0 Å². The minimum atomic E-state index is -4.59. The smallest absolute Gasteiger partial charge is 0.296 e. The summed E-state index contributed by atoms with van der Waals surface area (Å²) in [4.78, 5) is 1.91. The standard InChI is InChI=1S/C39H40N2O9S3/c1-4-40(26-29-10-8-12-31(24-29)28-51(42,43)44)34-20-16-32(17-21-34)39(37-14-6-7-15-38(37)52(45,46)47)33-18-22-35(23-19-33)41(5-2)27-30-11-9-13-36(25-30)53(48,49)50-3/h6-25H,4-5,26-28H2,1-3H3,(H-,42,43,44,45,46,47)/p+1. The number of anilines is 1. The molecule has 278 valence electrons. The lowest BCUT2D eigenvalue weighted by molar-refractivity contribution is -0.539. The van der Waals surface area contributed by atoms with Gasteiger partial charge in [-0.15, -0.1) is 0 Å². The van der Waals surface area contributed by atoms with E-state index in [0.29, 0.717) is 54.0 Å². The molecule has 5 rings (SSSR count). The molecule has 0 bridgehead atoms. The molecule has 0 saturated carbocycles. The Hall–Kier alpha value is -4.70. The van der Waals surface area contributed by atoms with Crippen LogP contribution in [-0.2, 0) is 53.4 Å². The lowest BCUT2D eigenvalue weighted by Gasteiger charge is -2.24. The molecule has 0 heterocycles. The molecule has 0 saturated heterocycles. The molecule has 11 nitrogen and oxygen atoms in total. The summed E-state index contributed by atoms with van der Waals surface area (Å²) in [6, 6.07) is 27.4. The van der Waals surface area contributed by atoms with E-state index in [0.717, 1.165) is 29.6 Å². The summed E-state index contributed by atoms with van der Waals surface area (Å²) in [6.07, 6.45) is 7.61. The third kappa shape index (κ3) is 10.0. The van der Waals surface area contributed by atoms with Gasteiger partial charge in [0, 0.05) is 42.1 Å². The van der Waals surface area contributed by atoms with Crippen molar-refractivity contribution in [1.29, 1.82) is 0 Å². The van der Waals surface area contributed by atoms with Gasteiger partial charge < -0.3 is 4.90 Å². The molecule has 0 unspecified atom stereocenters. The lowest BCUT2D eigenvalue weighted by atomic mass is 9.90. The molecular formula is C39H41N2O9S3+. The zero-order valence-corrected chi connectivity index (χ0v) is 31.9. The predicted molar refractivity (Wildman–Crippen MR) is 206 cm³/mol. The fraction of sp³-hybridized carbons (Fsp3) is 0.205. The Morgan fingerprint density at radius 2 is 1.38 bits per heavy atom. The van der Waals surface area contributed by atoms with E-state index in [1.807, 2.05) is 74.5 Å². The molecule has 0 fully saturated rings. The second-order valence-electron chi connectivity index (χ2n) is 12.3. The summed E-state index contributed by atoms with van der Waals surface area (Å²) in [5.41, 5.74) is 6.14. The minimum absolute atomic E-state index is 0.0681. The molecule has 4 aromatic rings. The van der Waals surface area contributed by atoms with E-state index in [-0.39, 0.29) is 9.79 Å². The highest BCUT2D eigenvalue weighted by molar-refractivity contribution is 7.86. The van der Waals surface area contributed by atoms with Gasteiger partial charge in [0.25, 0.3) is 30.4 Å². The number of hydrogen-bond acceptors (Lipinski definition) is 8. The van der Waals surface area contributed by atoms with Gasteiger partial charge in [0.1, 0.15) is 17.2 Å². The average molecular weight is 778 g/mol. The quantitative estimate of drug-likeness (QED) is 0.0848. The first-order valence-electron chi connectivity index (χ1n) is 16.7. The van der Waals surface area contributed by atoms with Crippen LogP contribution in [0.2, 0.25) is 0 Å². The van der Waals surface area contributed by atoms with Gasteiger partial charge in [-0.3, -0.25) is 13.3 Å². The number of benzene rings is 4. The van der Waals surface area contributed by atoms with Gasteiger partial charge >= 0.3 is 0 Å². The van der Waals surface area contributed by atoms with E-state index in [1.54, 1.807) is 48.5 Å². The van der Waals surface area contributed by atoms with Crippen molar-refractivity contribution in [2.75, 3.05) is 25.1 Å². The summed E-state index contributed by atoms with van der Waals surface area (Å²) in [7, 11) is -11.5. The summed E-state index contributed by atoms with van der Waals surface area (Å²) < 4.78 is 98.8. The topological polar surface area (TPSA) is 158 Å². The molecule has 2 N–H and O–H groups in total. The van der Waals surface area contributed by atoms with Crippen LogP contribution >= 0.6 is 0 Å². The van der Waals surface area contributed by atoms with Crippen LogP contribution in [-0.4, -0.2) is 64.8 Å². The monoisotopic (exact) mass is 777 g/mol. The minimum Gasteiger partial charge on any atom is -0.367 e. The SMILES string of the molecule is CCN(Cc1cccc(S(=O)(=O)OC)c1)c1ccc(C(=C2C=CC(=[N+](CC)Cc3cccc(CS(=O)(=O)O)c3)C=C2)c2ccccc2S(=O)(=O)O)cc1. The number of nitrogens with zero attached hydrogens (tertiary/aromatic N) is 2. The second-order valence-corrected chi connectivity index (χ2v) is 16.8. The Kier molecular flexibility index (Phi) is 12.3. The van der Waals surface area contributed by atoms with Gasteiger partial charge in [-0.1, -0.05) is 60.7 Å². The number of allylic oxidation sites excluding steroid dienone is 5. The Morgan fingerprint density at radius 3 is 2.00 bits per heavy atom. The van der Waals surface area contributed by atoms with Gasteiger partial charge in [0.2, 0.25) is 0 Å². The highest BCUT2D eigenvalue weighted by Crippen LogP contribution is 2.35. The Balaban J connectivity index is 1.52. The number of rotatable bonds is 14. The third-order valence-corrected chi connectivity index (χ3v) is 11.6. The first kappa shape index (κ1) is 39.5. The van der Waals surface area contributed by atoms with Gasteiger partial charge in [0.15, 0.2) is 12.3 Å². The van der Waals surface area contributed by atoms with Gasteiger partial charge in [-0.2, -0.15) is 25.3 Å². The van der Waals surface area contributed by atoms with E-state index in [9.17, 15) is 34.4 Å². The van der Waals surface area contributed by atoms with Crippen molar-refractivity contribution in [2.24, 2.45) is 0 Å². The Bertz CT molecular complexity index is 2430. The highest BCUT2D eigenvalue weighted by atomic mass is 32.2. The molecule has 0 aliphatic heterocycles. The van der Waals surface area contributed by atoms with Crippen LogP contribution in [0.3, 0.4) is 0 Å². The van der Waals surface area contributed by atoms with Crippen LogP contribution in [0.25, 0.3) is 5.57 Å². The van der Waals surface area contributed by atoms with Gasteiger partial charge in [-0.05, 0) is 90.2 Å². The van der Waals surface area contributed by atoms with E-state index < -0.39 is 36.1 Å². The van der Waals surface area contributed by atoms with Crippen molar-refractivity contribution in [3.63, 3.8) is 0 Å². The van der Waals surface area contributed by atoms with E-state index >= 15 is 0 Å². The van der Waals surface area contributed by atoms with Crippen LogP contribution in [0, 0.1) is 0 Å². The first-order valence-corrected chi connectivity index (χ1v) is 21.1. The molecule has 0 amide bonds. The second kappa shape index (κ2) is 16.5. The summed E-state index contributed by atoms with van der Waals surface area (Å²) in [5.74, 6) is -0.474. The molecule has 1 aliphatic rings. The summed E-state index contributed by atoms with van der Waals surface area (Å²) in [5, 5.41) is 0. The van der Waals surface area contributed by atoms with Crippen molar-refractivity contribution < 1.29 is 43.1 Å². The Morgan fingerprint density at radius 1 is 0.736 bits per heavy atom. The first-order chi connectivity index (χ1) is 25.1. The normalized spacial score (nSPS) is 13.3. The molecular weight excluding hydrogens is 737 g/mol. The molecule has 53 heavy (non-hydrogen) atoms. The third-order valence-electron chi connectivity index (χ3n) is 8.73. The van der Waals surface area contributed by atoms with Crippen LogP contribution in [0.4, 0.5) is 5.69 Å². The van der Waals surface area contributed by atoms with Crippen LogP contribution < -0.4 is 4.90 Å². The van der Waals surface area contributed by atoms with Gasteiger partial charge in [-0.25, -0.2) is 4.58 Å². The van der Waals surface area contributed by atoms with Crippen molar-refractivity contribution in [2.45, 2.75) is 42.5 Å². The predicted octanol–water partition coefficient (Wildman–Crippen LogP) is 6.28. The Labute approximate surface area is 311 Å². The van der Waals surface area contributed by atoms with E-state index in [2.05, 4.69) is 13.7 Å². The lowest BCUT2D eigenvalue weighted by Crippen LogP contribution is -2.22. The van der Waals surface area contributed by atoms with E-state index in [1.165, 1.54) is 12.1 Å². The number of hydrogen-bond donors (Lipinski definition) is 2. The average Bonchev–Trinajstić information content (AvgIpc) is 3.13.